The van der Waals surface area contributed by atoms with Gasteiger partial charge in [0.1, 0.15) is 5.82 Å². The van der Waals surface area contributed by atoms with Crippen LogP contribution in [-0.4, -0.2) is 38.7 Å². The first-order chi connectivity index (χ1) is 13.2. The summed E-state index contributed by atoms with van der Waals surface area (Å²) in [6.45, 7) is 5.60. The van der Waals surface area contributed by atoms with E-state index in [1.807, 2.05) is 53.4 Å². The first kappa shape index (κ1) is 18.8. The van der Waals surface area contributed by atoms with Gasteiger partial charge in [0.15, 0.2) is 0 Å². The molecule has 3 rings (SSSR count). The lowest BCUT2D eigenvalue weighted by Gasteiger charge is -2.19. The van der Waals surface area contributed by atoms with Gasteiger partial charge < -0.3 is 4.90 Å². The zero-order chi connectivity index (χ0) is 19.1. The maximum absolute atomic E-state index is 13.0. The van der Waals surface area contributed by atoms with Crippen molar-refractivity contribution in [1.29, 1.82) is 0 Å². The molecule has 140 valence electrons. The molecule has 0 saturated heterocycles. The van der Waals surface area contributed by atoms with Gasteiger partial charge in [-0.05, 0) is 30.5 Å². The first-order valence-electron chi connectivity index (χ1n) is 9.57. The van der Waals surface area contributed by atoms with E-state index in [2.05, 4.69) is 36.1 Å². The fraction of sp³-hybridized carbons (Fsp3) is 0.318. The van der Waals surface area contributed by atoms with Crippen molar-refractivity contribution in [2.45, 2.75) is 33.1 Å². The number of rotatable bonds is 8. The van der Waals surface area contributed by atoms with Crippen molar-refractivity contribution >= 4 is 5.91 Å². The summed E-state index contributed by atoms with van der Waals surface area (Å²) in [5.41, 5.74) is 2.05. The monoisotopic (exact) mass is 362 g/mol. The Balaban J connectivity index is 1.97. The minimum atomic E-state index is -0.0947. The summed E-state index contributed by atoms with van der Waals surface area (Å²) in [5, 5.41) is 4.58. The quantitative estimate of drug-likeness (QED) is 0.606. The molecule has 0 unspecified atom stereocenters. The molecule has 0 fully saturated rings. The Kier molecular flexibility index (Phi) is 6.36. The van der Waals surface area contributed by atoms with Crippen LogP contribution in [0.5, 0.6) is 0 Å². The summed E-state index contributed by atoms with van der Waals surface area (Å²) in [7, 11) is 0. The third-order valence-electron chi connectivity index (χ3n) is 4.35. The van der Waals surface area contributed by atoms with Gasteiger partial charge in [-0.3, -0.25) is 4.79 Å². The Morgan fingerprint density at radius 2 is 1.52 bits per heavy atom. The Morgan fingerprint density at radius 3 is 2.11 bits per heavy atom. The van der Waals surface area contributed by atoms with Crippen LogP contribution in [0, 0.1) is 0 Å². The van der Waals surface area contributed by atoms with Gasteiger partial charge in [-0.1, -0.05) is 62.4 Å². The minimum Gasteiger partial charge on any atom is -0.336 e. The molecule has 3 aromatic rings. The zero-order valence-corrected chi connectivity index (χ0v) is 16.0. The standard InChI is InChI=1S/C22H26N4O/c1-3-15-25(16-4-2)22(27)21-23-20(17-18-11-7-5-8-12-18)26(24-21)19-13-9-6-10-14-19/h5-14H,3-4,15-17H2,1-2H3. The summed E-state index contributed by atoms with van der Waals surface area (Å²) in [5.74, 6) is 0.943. The van der Waals surface area contributed by atoms with E-state index in [4.69, 9.17) is 0 Å². The van der Waals surface area contributed by atoms with Gasteiger partial charge in [-0.2, -0.15) is 0 Å². The molecule has 0 aliphatic heterocycles. The Hall–Kier alpha value is -2.95. The molecule has 0 spiro atoms. The topological polar surface area (TPSA) is 51.0 Å². The van der Waals surface area contributed by atoms with Crippen LogP contribution < -0.4 is 0 Å². The normalized spacial score (nSPS) is 10.7. The maximum atomic E-state index is 13.0. The van der Waals surface area contributed by atoms with E-state index in [1.165, 1.54) is 0 Å². The molecular formula is C22H26N4O. The fourth-order valence-corrected chi connectivity index (χ4v) is 3.10. The van der Waals surface area contributed by atoms with Crippen LogP contribution in [0.1, 0.15) is 48.7 Å². The third kappa shape index (κ3) is 4.61. The van der Waals surface area contributed by atoms with E-state index >= 15 is 0 Å². The van der Waals surface area contributed by atoms with E-state index in [-0.39, 0.29) is 11.7 Å². The number of carbonyl (C=O) groups excluding carboxylic acids is 1. The van der Waals surface area contributed by atoms with Gasteiger partial charge in [0.2, 0.25) is 5.82 Å². The SMILES string of the molecule is CCCN(CCC)C(=O)c1nc(Cc2ccccc2)n(-c2ccccc2)n1. The van der Waals surface area contributed by atoms with Gasteiger partial charge in [-0.25, -0.2) is 9.67 Å². The fourth-order valence-electron chi connectivity index (χ4n) is 3.10. The summed E-state index contributed by atoms with van der Waals surface area (Å²) in [6, 6.07) is 20.0. The van der Waals surface area contributed by atoms with E-state index in [1.54, 1.807) is 4.68 Å². The number of para-hydroxylation sites is 1. The van der Waals surface area contributed by atoms with Crippen molar-refractivity contribution in [3.63, 3.8) is 0 Å². The maximum Gasteiger partial charge on any atom is 0.293 e. The average molecular weight is 362 g/mol. The molecule has 27 heavy (non-hydrogen) atoms. The van der Waals surface area contributed by atoms with Crippen LogP contribution in [0.2, 0.25) is 0 Å². The molecule has 0 radical (unpaired) electrons. The molecule has 0 bridgehead atoms. The van der Waals surface area contributed by atoms with Crippen molar-refractivity contribution in [3.8, 4) is 5.69 Å². The molecule has 0 aliphatic carbocycles. The van der Waals surface area contributed by atoms with Gasteiger partial charge >= 0.3 is 0 Å². The molecule has 5 heteroatoms. The van der Waals surface area contributed by atoms with E-state index < -0.39 is 0 Å². The van der Waals surface area contributed by atoms with Crippen molar-refractivity contribution in [2.24, 2.45) is 0 Å². The van der Waals surface area contributed by atoms with Gasteiger partial charge in [0, 0.05) is 19.5 Å². The second-order valence-electron chi connectivity index (χ2n) is 6.55. The molecular weight excluding hydrogens is 336 g/mol. The van der Waals surface area contributed by atoms with Gasteiger partial charge in [0.25, 0.3) is 5.91 Å². The molecule has 0 atom stereocenters. The average Bonchev–Trinajstić information content (AvgIpc) is 3.12. The Labute approximate surface area is 160 Å². The predicted molar refractivity (Wildman–Crippen MR) is 107 cm³/mol. The number of nitrogens with zero attached hydrogens (tertiary/aromatic N) is 4. The first-order valence-corrected chi connectivity index (χ1v) is 9.57. The highest BCUT2D eigenvalue weighted by atomic mass is 16.2. The molecule has 0 saturated carbocycles. The summed E-state index contributed by atoms with van der Waals surface area (Å²) in [6.07, 6.45) is 2.46. The molecule has 5 nitrogen and oxygen atoms in total. The molecule has 0 aliphatic rings. The van der Waals surface area contributed by atoms with Crippen LogP contribution in [0.15, 0.2) is 60.7 Å². The lowest BCUT2D eigenvalue weighted by Crippen LogP contribution is -2.33. The second-order valence-corrected chi connectivity index (χ2v) is 6.55. The van der Waals surface area contributed by atoms with E-state index in [0.29, 0.717) is 6.42 Å². The zero-order valence-electron chi connectivity index (χ0n) is 16.0. The summed E-state index contributed by atoms with van der Waals surface area (Å²) in [4.78, 5) is 19.4. The minimum absolute atomic E-state index is 0.0947. The number of hydrogen-bond donors (Lipinski definition) is 0. The van der Waals surface area contributed by atoms with Crippen molar-refractivity contribution in [1.82, 2.24) is 19.7 Å². The lowest BCUT2D eigenvalue weighted by molar-refractivity contribution is 0.0743. The largest absolute Gasteiger partial charge is 0.336 e. The highest BCUT2D eigenvalue weighted by Crippen LogP contribution is 2.15. The van der Waals surface area contributed by atoms with Crippen LogP contribution in [0.4, 0.5) is 0 Å². The number of carbonyl (C=O) groups is 1. The van der Waals surface area contributed by atoms with Crippen molar-refractivity contribution in [3.05, 3.63) is 77.9 Å². The second kappa shape index (κ2) is 9.12. The van der Waals surface area contributed by atoms with Gasteiger partial charge in [0.05, 0.1) is 5.69 Å². The van der Waals surface area contributed by atoms with Crippen LogP contribution in [-0.2, 0) is 6.42 Å². The van der Waals surface area contributed by atoms with Crippen LogP contribution in [0.3, 0.4) is 0 Å². The van der Waals surface area contributed by atoms with Crippen LogP contribution >= 0.6 is 0 Å². The highest BCUT2D eigenvalue weighted by Gasteiger charge is 2.22. The number of amides is 1. The predicted octanol–water partition coefficient (Wildman–Crippen LogP) is 4.12. The highest BCUT2D eigenvalue weighted by molar-refractivity contribution is 5.90. The summed E-state index contributed by atoms with van der Waals surface area (Å²) < 4.78 is 1.79. The molecule has 1 aromatic heterocycles. The Morgan fingerprint density at radius 1 is 0.926 bits per heavy atom. The smallest absolute Gasteiger partial charge is 0.293 e. The summed E-state index contributed by atoms with van der Waals surface area (Å²) >= 11 is 0. The molecule has 2 aromatic carbocycles. The van der Waals surface area contributed by atoms with Crippen molar-refractivity contribution < 1.29 is 4.79 Å². The Bertz CT molecular complexity index is 853. The number of hydrogen-bond acceptors (Lipinski definition) is 3. The lowest BCUT2D eigenvalue weighted by atomic mass is 10.1. The number of benzene rings is 2. The molecule has 1 amide bonds. The number of aromatic nitrogens is 3. The van der Waals surface area contributed by atoms with E-state index in [9.17, 15) is 4.79 Å². The molecule has 0 N–H and O–H groups in total. The third-order valence-corrected chi connectivity index (χ3v) is 4.35. The van der Waals surface area contributed by atoms with Gasteiger partial charge in [-0.15, -0.1) is 5.10 Å². The van der Waals surface area contributed by atoms with E-state index in [0.717, 1.165) is 43.0 Å². The van der Waals surface area contributed by atoms with Crippen molar-refractivity contribution in [2.75, 3.05) is 13.1 Å². The van der Waals surface area contributed by atoms with Crippen LogP contribution in [0.25, 0.3) is 5.69 Å². The molecule has 1 heterocycles.